The molecule has 0 radical (unpaired) electrons. The molecule has 1 fully saturated rings. The van der Waals surface area contributed by atoms with Crippen molar-refractivity contribution in [2.75, 3.05) is 25.5 Å². The third kappa shape index (κ3) is 4.59. The molecule has 1 aliphatic heterocycles. The highest BCUT2D eigenvalue weighted by Gasteiger charge is 2.33. The van der Waals surface area contributed by atoms with Crippen molar-refractivity contribution in [3.63, 3.8) is 0 Å². The van der Waals surface area contributed by atoms with Gasteiger partial charge in [-0.2, -0.15) is 17.0 Å². The SMILES string of the molecule is CCC(CC)N(CCCl)S(=O)(=O)N1CCCCCC1. The molecule has 1 rings (SSSR count). The molecule has 4 nitrogen and oxygen atoms in total. The zero-order chi connectivity index (χ0) is 14.3. The normalized spacial score (nSPS) is 19.0. The van der Waals surface area contributed by atoms with Crippen molar-refractivity contribution in [3.8, 4) is 0 Å². The summed E-state index contributed by atoms with van der Waals surface area (Å²) in [6.45, 7) is 5.79. The Balaban J connectivity index is 2.90. The van der Waals surface area contributed by atoms with E-state index in [0.717, 1.165) is 38.5 Å². The van der Waals surface area contributed by atoms with Crippen LogP contribution in [0.4, 0.5) is 0 Å². The summed E-state index contributed by atoms with van der Waals surface area (Å²) >= 11 is 5.81. The molecule has 0 unspecified atom stereocenters. The largest absolute Gasteiger partial charge is 0.282 e. The fraction of sp³-hybridized carbons (Fsp3) is 1.00. The van der Waals surface area contributed by atoms with Crippen LogP contribution in [0, 0.1) is 0 Å². The van der Waals surface area contributed by atoms with Gasteiger partial charge in [0, 0.05) is 31.6 Å². The van der Waals surface area contributed by atoms with Gasteiger partial charge in [0.25, 0.3) is 10.2 Å². The Morgan fingerprint density at radius 2 is 1.63 bits per heavy atom. The lowest BCUT2D eigenvalue weighted by Crippen LogP contribution is -2.49. The predicted octanol–water partition coefficient (Wildman–Crippen LogP) is 2.84. The summed E-state index contributed by atoms with van der Waals surface area (Å²) in [5.41, 5.74) is 0. The van der Waals surface area contributed by atoms with Gasteiger partial charge < -0.3 is 0 Å². The van der Waals surface area contributed by atoms with E-state index < -0.39 is 10.2 Å². The number of rotatable bonds is 7. The number of alkyl halides is 1. The van der Waals surface area contributed by atoms with Gasteiger partial charge in [-0.3, -0.25) is 0 Å². The van der Waals surface area contributed by atoms with E-state index in [1.54, 1.807) is 8.61 Å². The van der Waals surface area contributed by atoms with Crippen LogP contribution in [0.25, 0.3) is 0 Å². The van der Waals surface area contributed by atoms with Crippen molar-refractivity contribution in [3.05, 3.63) is 0 Å². The maximum Gasteiger partial charge on any atom is 0.282 e. The van der Waals surface area contributed by atoms with Crippen LogP contribution in [0.3, 0.4) is 0 Å². The second kappa shape index (κ2) is 8.45. The van der Waals surface area contributed by atoms with Gasteiger partial charge in [-0.1, -0.05) is 26.7 Å². The molecule has 0 amide bonds. The molecule has 0 saturated carbocycles. The molecule has 0 spiro atoms. The van der Waals surface area contributed by atoms with Crippen molar-refractivity contribution in [1.29, 1.82) is 0 Å². The molecule has 0 aromatic carbocycles. The summed E-state index contributed by atoms with van der Waals surface area (Å²) < 4.78 is 28.8. The predicted molar refractivity (Wildman–Crippen MR) is 80.8 cm³/mol. The first-order chi connectivity index (χ1) is 9.07. The molecular weight excluding hydrogens is 284 g/mol. The van der Waals surface area contributed by atoms with E-state index in [4.69, 9.17) is 11.6 Å². The van der Waals surface area contributed by atoms with Crippen molar-refractivity contribution >= 4 is 21.8 Å². The first kappa shape index (κ1) is 17.2. The Labute approximate surface area is 123 Å². The highest BCUT2D eigenvalue weighted by atomic mass is 35.5. The first-order valence-corrected chi connectivity index (χ1v) is 9.33. The lowest BCUT2D eigenvalue weighted by molar-refractivity contribution is 0.281. The van der Waals surface area contributed by atoms with E-state index >= 15 is 0 Å². The maximum atomic E-state index is 12.8. The van der Waals surface area contributed by atoms with Crippen LogP contribution < -0.4 is 0 Å². The smallest absolute Gasteiger partial charge is 0.195 e. The van der Waals surface area contributed by atoms with E-state index in [1.807, 2.05) is 13.8 Å². The van der Waals surface area contributed by atoms with E-state index in [1.165, 1.54) is 0 Å². The van der Waals surface area contributed by atoms with Gasteiger partial charge in [-0.15, -0.1) is 11.6 Å². The first-order valence-electron chi connectivity index (χ1n) is 7.40. The Morgan fingerprint density at radius 3 is 2.05 bits per heavy atom. The van der Waals surface area contributed by atoms with Gasteiger partial charge in [0.2, 0.25) is 0 Å². The van der Waals surface area contributed by atoms with Crippen LogP contribution in [-0.4, -0.2) is 48.6 Å². The summed E-state index contributed by atoms with van der Waals surface area (Å²) in [4.78, 5) is 0. The van der Waals surface area contributed by atoms with E-state index in [9.17, 15) is 8.42 Å². The van der Waals surface area contributed by atoms with Crippen LogP contribution in [0.1, 0.15) is 52.4 Å². The van der Waals surface area contributed by atoms with Crippen molar-refractivity contribution in [2.45, 2.75) is 58.4 Å². The van der Waals surface area contributed by atoms with Crippen LogP contribution in [0.15, 0.2) is 0 Å². The molecule has 0 atom stereocenters. The Morgan fingerprint density at radius 1 is 1.11 bits per heavy atom. The van der Waals surface area contributed by atoms with E-state index in [-0.39, 0.29) is 6.04 Å². The average molecular weight is 311 g/mol. The number of hydrogen-bond donors (Lipinski definition) is 0. The van der Waals surface area contributed by atoms with Gasteiger partial charge in [0.1, 0.15) is 0 Å². The molecule has 0 aromatic rings. The number of nitrogens with zero attached hydrogens (tertiary/aromatic N) is 2. The van der Waals surface area contributed by atoms with Crippen molar-refractivity contribution in [2.24, 2.45) is 0 Å². The minimum atomic E-state index is -3.35. The highest BCUT2D eigenvalue weighted by Crippen LogP contribution is 2.21. The van der Waals surface area contributed by atoms with Gasteiger partial charge >= 0.3 is 0 Å². The maximum absolute atomic E-state index is 12.8. The quantitative estimate of drug-likeness (QED) is 0.678. The van der Waals surface area contributed by atoms with Gasteiger partial charge in [0.05, 0.1) is 0 Å². The summed E-state index contributed by atoms with van der Waals surface area (Å²) in [6, 6.07) is 0.0620. The van der Waals surface area contributed by atoms with Crippen LogP contribution in [0.5, 0.6) is 0 Å². The molecule has 6 heteroatoms. The summed E-state index contributed by atoms with van der Waals surface area (Å²) in [5, 5.41) is 0. The zero-order valence-corrected chi connectivity index (χ0v) is 13.7. The second-order valence-corrected chi connectivity index (χ2v) is 7.35. The second-order valence-electron chi connectivity index (χ2n) is 5.09. The minimum absolute atomic E-state index is 0.0620. The Hall–Kier alpha value is 0.160. The third-order valence-electron chi connectivity index (χ3n) is 3.84. The van der Waals surface area contributed by atoms with Crippen LogP contribution in [-0.2, 0) is 10.2 Å². The molecule has 0 aromatic heterocycles. The third-order valence-corrected chi connectivity index (χ3v) is 6.10. The van der Waals surface area contributed by atoms with Crippen LogP contribution >= 0.6 is 11.6 Å². The van der Waals surface area contributed by atoms with E-state index in [0.29, 0.717) is 25.5 Å². The summed E-state index contributed by atoms with van der Waals surface area (Å²) in [7, 11) is -3.35. The van der Waals surface area contributed by atoms with E-state index in [2.05, 4.69) is 0 Å². The lowest BCUT2D eigenvalue weighted by Gasteiger charge is -2.33. The topological polar surface area (TPSA) is 40.6 Å². The molecule has 1 saturated heterocycles. The lowest BCUT2D eigenvalue weighted by atomic mass is 10.2. The molecule has 1 aliphatic rings. The van der Waals surface area contributed by atoms with Gasteiger partial charge in [0.15, 0.2) is 0 Å². The Kier molecular flexibility index (Phi) is 7.65. The van der Waals surface area contributed by atoms with Crippen molar-refractivity contribution in [1.82, 2.24) is 8.61 Å². The molecule has 0 aliphatic carbocycles. The fourth-order valence-corrected chi connectivity index (χ4v) is 4.98. The highest BCUT2D eigenvalue weighted by molar-refractivity contribution is 7.86. The van der Waals surface area contributed by atoms with Crippen LogP contribution in [0.2, 0.25) is 0 Å². The zero-order valence-electron chi connectivity index (χ0n) is 12.1. The molecule has 0 bridgehead atoms. The molecule has 114 valence electrons. The number of hydrogen-bond acceptors (Lipinski definition) is 2. The fourth-order valence-electron chi connectivity index (χ4n) is 2.69. The monoisotopic (exact) mass is 310 g/mol. The van der Waals surface area contributed by atoms with Gasteiger partial charge in [-0.25, -0.2) is 0 Å². The molecule has 19 heavy (non-hydrogen) atoms. The standard InChI is InChI=1S/C13H27ClN2O2S/c1-3-13(4-2)16(12-9-14)19(17,18)15-10-7-5-6-8-11-15/h13H,3-12H2,1-2H3. The van der Waals surface area contributed by atoms with Crippen molar-refractivity contribution < 1.29 is 8.42 Å². The molecule has 1 heterocycles. The molecular formula is C13H27ClN2O2S. The average Bonchev–Trinajstić information content (AvgIpc) is 2.68. The molecule has 0 N–H and O–H groups in total. The summed E-state index contributed by atoms with van der Waals surface area (Å²) in [5.74, 6) is 0.351. The van der Waals surface area contributed by atoms with Gasteiger partial charge in [-0.05, 0) is 25.7 Å². The Bertz CT molecular complexity index is 337. The summed E-state index contributed by atoms with van der Waals surface area (Å²) in [6.07, 6.45) is 5.87. The number of halogens is 1. The minimum Gasteiger partial charge on any atom is -0.195 e.